The molecule has 0 spiro atoms. The van der Waals surface area contributed by atoms with Crippen molar-refractivity contribution in [3.05, 3.63) is 63.3 Å². The summed E-state index contributed by atoms with van der Waals surface area (Å²) in [5.74, 6) is -2.46. The Labute approximate surface area is 126 Å². The van der Waals surface area contributed by atoms with Crippen LogP contribution in [0.25, 0.3) is 0 Å². The number of carbonyl (C=O) groups excluding carboxylic acids is 2. The van der Waals surface area contributed by atoms with E-state index < -0.39 is 11.9 Å². The Balaban J connectivity index is -0.0000000453. The van der Waals surface area contributed by atoms with Crippen molar-refractivity contribution < 1.29 is 39.3 Å². The van der Waals surface area contributed by atoms with Gasteiger partial charge in [-0.25, -0.2) is 0 Å². The van der Waals surface area contributed by atoms with Gasteiger partial charge in [-0.2, -0.15) is 5.26 Å². The first-order chi connectivity index (χ1) is 8.37. The zero-order valence-corrected chi connectivity index (χ0v) is 13.7. The van der Waals surface area contributed by atoms with Crippen molar-refractivity contribution in [1.29, 1.82) is 5.26 Å². The number of hydrogen-bond acceptors (Lipinski definition) is 5. The monoisotopic (exact) mass is 313 g/mol. The minimum atomic E-state index is -1.23. The van der Waals surface area contributed by atoms with Crippen LogP contribution in [0.15, 0.2) is 63.3 Å². The molecule has 0 aliphatic carbocycles. The molecule has 0 saturated heterocycles. The topological polar surface area (TPSA) is 104 Å². The summed E-state index contributed by atoms with van der Waals surface area (Å²) in [6.07, 6.45) is 5.90. The average Bonchev–Trinajstić information content (AvgIpc) is 2.39. The second kappa shape index (κ2) is 36.0. The fourth-order valence-corrected chi connectivity index (χ4v) is 0. The number of carboxylic acids is 2. The minimum Gasteiger partial charge on any atom is -0.545 e. The van der Waals surface area contributed by atoms with Crippen molar-refractivity contribution in [2.45, 2.75) is 0 Å². The maximum absolute atomic E-state index is 9.14. The number of rotatable bonds is 3. The maximum Gasteiger partial charge on any atom is 2.00 e. The quantitative estimate of drug-likeness (QED) is 0.313. The van der Waals surface area contributed by atoms with E-state index in [0.717, 1.165) is 12.2 Å². The van der Waals surface area contributed by atoms with Gasteiger partial charge in [0.15, 0.2) is 0 Å². The fraction of sp³-hybridized carbons (Fsp3) is 0. The molecule has 19 heavy (non-hydrogen) atoms. The molecule has 0 unspecified atom stereocenters. The van der Waals surface area contributed by atoms with Crippen molar-refractivity contribution in [2.24, 2.45) is 0 Å². The third-order valence-electron chi connectivity index (χ3n) is 0.591. The number of allylic oxidation sites excluding steroid dienone is 3. The van der Waals surface area contributed by atoms with Gasteiger partial charge < -0.3 is 19.8 Å². The molecule has 0 radical (unpaired) electrons. The van der Waals surface area contributed by atoms with E-state index in [2.05, 4.69) is 32.9 Å². The van der Waals surface area contributed by atoms with E-state index >= 15 is 0 Å². The van der Waals surface area contributed by atoms with Crippen LogP contribution in [0, 0.1) is 11.3 Å². The van der Waals surface area contributed by atoms with Crippen molar-refractivity contribution in [2.75, 3.05) is 0 Å². The number of hydrogen-bond donors (Lipinski definition) is 0. The van der Waals surface area contributed by atoms with E-state index in [4.69, 9.17) is 25.1 Å². The molecule has 0 fully saturated rings. The SMILES string of the molecule is C=CC#N.C=CC(=O)[O-].C=CC(=O)[O-].C=CC=C.[Zn+2]. The zero-order chi connectivity index (χ0) is 15.4. The van der Waals surface area contributed by atoms with E-state index in [-0.39, 0.29) is 19.5 Å². The maximum atomic E-state index is 9.14. The molecule has 0 aromatic heterocycles. The van der Waals surface area contributed by atoms with Gasteiger partial charge in [-0.3, -0.25) is 0 Å². The van der Waals surface area contributed by atoms with Crippen LogP contribution >= 0.6 is 0 Å². The van der Waals surface area contributed by atoms with Gasteiger partial charge in [-0.15, -0.1) is 0 Å². The van der Waals surface area contributed by atoms with Crippen molar-refractivity contribution in [3.63, 3.8) is 0 Å². The third kappa shape index (κ3) is 212. The Morgan fingerprint density at radius 3 is 1.05 bits per heavy atom. The average molecular weight is 315 g/mol. The molecule has 0 aliphatic rings. The number of nitriles is 1. The van der Waals surface area contributed by atoms with E-state index in [1.165, 1.54) is 6.08 Å². The Morgan fingerprint density at radius 1 is 0.895 bits per heavy atom. The first kappa shape index (κ1) is 30.1. The molecule has 0 atom stereocenters. The summed E-state index contributed by atoms with van der Waals surface area (Å²) in [6, 6.07) is 1.69. The predicted molar refractivity (Wildman–Crippen MR) is 66.6 cm³/mol. The van der Waals surface area contributed by atoms with Crippen LogP contribution < -0.4 is 10.2 Å². The number of carbonyl (C=O) groups is 2. The second-order valence-electron chi connectivity index (χ2n) is 1.85. The van der Waals surface area contributed by atoms with Crippen molar-refractivity contribution in [3.8, 4) is 6.07 Å². The van der Waals surface area contributed by atoms with Gasteiger partial charge in [0.1, 0.15) is 0 Å². The summed E-state index contributed by atoms with van der Waals surface area (Å²) in [4.78, 5) is 18.3. The molecule has 0 saturated carbocycles. The zero-order valence-electron chi connectivity index (χ0n) is 10.7. The largest absolute Gasteiger partial charge is 2.00 e. The van der Waals surface area contributed by atoms with Gasteiger partial charge in [0.05, 0.1) is 18.0 Å². The molecule has 0 aromatic carbocycles. The van der Waals surface area contributed by atoms with Gasteiger partial charge in [-0.05, 0) is 12.2 Å². The van der Waals surface area contributed by atoms with Crippen LogP contribution in [0.3, 0.4) is 0 Å². The predicted octanol–water partition coefficient (Wildman–Crippen LogP) is -0.104. The molecule has 0 heterocycles. The minimum absolute atomic E-state index is 0. The van der Waals surface area contributed by atoms with E-state index in [1.54, 1.807) is 18.2 Å². The first-order valence-corrected chi connectivity index (χ1v) is 4.28. The summed E-state index contributed by atoms with van der Waals surface area (Å²) in [6.45, 7) is 15.6. The molecule has 98 valence electrons. The number of aliphatic carboxylic acids is 2. The van der Waals surface area contributed by atoms with Crippen LogP contribution in [0.2, 0.25) is 0 Å². The molecule has 5 nitrogen and oxygen atoms in total. The van der Waals surface area contributed by atoms with Crippen LogP contribution in [-0.2, 0) is 29.1 Å². The van der Waals surface area contributed by atoms with Crippen LogP contribution in [0.1, 0.15) is 0 Å². The van der Waals surface area contributed by atoms with Crippen LogP contribution in [0.4, 0.5) is 0 Å². The first-order valence-electron chi connectivity index (χ1n) is 4.28. The Morgan fingerprint density at radius 2 is 1.05 bits per heavy atom. The molecule has 0 aromatic rings. The van der Waals surface area contributed by atoms with Crippen molar-refractivity contribution in [1.82, 2.24) is 0 Å². The Kier molecular flexibility index (Phi) is 57.1. The molecule has 0 aliphatic heterocycles. The van der Waals surface area contributed by atoms with E-state index in [9.17, 15) is 0 Å². The smallest absolute Gasteiger partial charge is 0.545 e. The molecule has 0 rings (SSSR count). The standard InChI is InChI=1S/C4H6.C3H3N.2C3H4O2.Zn/c1-3-4-2;1-2-3-4;2*1-2-3(4)5;/h3-4H,1-2H2;2H,1H2;2*2H,1H2,(H,4,5);/q;;;;+2/p-2. The summed E-state index contributed by atoms with van der Waals surface area (Å²) < 4.78 is 0. The molecule has 0 N–H and O–H groups in total. The Hall–Kier alpha value is -2.25. The van der Waals surface area contributed by atoms with Crippen LogP contribution in [0.5, 0.6) is 0 Å². The summed E-state index contributed by atoms with van der Waals surface area (Å²) in [5, 5.41) is 25.8. The molecule has 6 heteroatoms. The second-order valence-corrected chi connectivity index (χ2v) is 1.85. The molecular weight excluding hydrogens is 300 g/mol. The summed E-state index contributed by atoms with van der Waals surface area (Å²) in [5.41, 5.74) is 0. The van der Waals surface area contributed by atoms with Gasteiger partial charge in [0.2, 0.25) is 0 Å². The third-order valence-corrected chi connectivity index (χ3v) is 0.591. The Bertz CT molecular complexity index is 306. The van der Waals surface area contributed by atoms with E-state index in [0.29, 0.717) is 0 Å². The fourth-order valence-electron chi connectivity index (χ4n) is 0. The van der Waals surface area contributed by atoms with Gasteiger partial charge in [0, 0.05) is 6.08 Å². The molecule has 0 amide bonds. The molecular formula is C13H15NO4Zn. The summed E-state index contributed by atoms with van der Waals surface area (Å²) in [7, 11) is 0. The molecule has 0 bridgehead atoms. The number of nitrogens with zero attached hydrogens (tertiary/aromatic N) is 1. The van der Waals surface area contributed by atoms with E-state index in [1.807, 2.05) is 0 Å². The normalized spacial score (nSPS) is 5.21. The van der Waals surface area contributed by atoms with Crippen molar-refractivity contribution >= 4 is 11.9 Å². The number of carboxylic acid groups (broad SMARTS) is 2. The van der Waals surface area contributed by atoms with Crippen LogP contribution in [-0.4, -0.2) is 11.9 Å². The summed E-state index contributed by atoms with van der Waals surface area (Å²) >= 11 is 0. The van der Waals surface area contributed by atoms with Gasteiger partial charge in [0.25, 0.3) is 0 Å². The van der Waals surface area contributed by atoms with Gasteiger partial charge >= 0.3 is 19.5 Å². The van der Waals surface area contributed by atoms with Gasteiger partial charge in [-0.1, -0.05) is 45.0 Å².